The molecule has 5 N–H and O–H groups in total. The average Bonchev–Trinajstić information content (AvgIpc) is 2.67. The van der Waals surface area contributed by atoms with E-state index in [2.05, 4.69) is 5.32 Å². The Balaban J connectivity index is 2.27. The maximum atomic E-state index is 12.5. The fourth-order valence-electron chi connectivity index (χ4n) is 2.96. The Morgan fingerprint density at radius 3 is 2.25 bits per heavy atom. The molecule has 0 aliphatic heterocycles. The Morgan fingerprint density at radius 1 is 1.00 bits per heavy atom. The van der Waals surface area contributed by atoms with Gasteiger partial charge in [-0.1, -0.05) is 30.3 Å². The highest BCUT2D eigenvalue weighted by atomic mass is 16.5. The summed E-state index contributed by atoms with van der Waals surface area (Å²) in [5, 5.41) is 4.07. The van der Waals surface area contributed by atoms with Crippen molar-refractivity contribution in [2.24, 2.45) is 5.73 Å². The number of carbonyl (C=O) groups excluding carboxylic acids is 2. The van der Waals surface area contributed by atoms with Gasteiger partial charge in [0, 0.05) is 11.1 Å². The van der Waals surface area contributed by atoms with Gasteiger partial charge >= 0.3 is 6.03 Å². The van der Waals surface area contributed by atoms with E-state index >= 15 is 0 Å². The van der Waals surface area contributed by atoms with Crippen molar-refractivity contribution in [3.8, 4) is 11.5 Å². The number of urea groups is 1. The summed E-state index contributed by atoms with van der Waals surface area (Å²) in [6.07, 6.45) is 0. The van der Waals surface area contributed by atoms with E-state index in [1.165, 1.54) is 0 Å². The van der Waals surface area contributed by atoms with Crippen molar-refractivity contribution in [1.82, 2.24) is 5.32 Å². The number of nitrogens with one attached hydrogen (secondary N) is 1. The second-order valence-electron chi connectivity index (χ2n) is 6.30. The van der Waals surface area contributed by atoms with Crippen LogP contribution in [0.4, 0.5) is 4.79 Å². The topological polar surface area (TPSA) is 107 Å². The number of hydrogen-bond acceptors (Lipinski definition) is 4. The molecule has 0 fully saturated rings. The molecular weight excluding hydrogens is 358 g/mol. The van der Waals surface area contributed by atoms with Crippen molar-refractivity contribution >= 4 is 11.9 Å². The highest BCUT2D eigenvalue weighted by Crippen LogP contribution is 2.30. The number of ether oxygens (including phenoxy) is 2. The normalized spacial score (nSPS) is 12.7. The van der Waals surface area contributed by atoms with Crippen molar-refractivity contribution in [3.05, 3.63) is 59.7 Å². The summed E-state index contributed by atoms with van der Waals surface area (Å²) in [5.74, 6) is 0.896. The Bertz CT molecular complexity index is 795. The Hall–Kier alpha value is -3.06. The lowest BCUT2D eigenvalue weighted by molar-refractivity contribution is -0.719. The molecule has 2 atom stereocenters. The standard InChI is InChI=1S/C21H27N3O4/c1-4-27-17-12-11-16(13-18(17)28-5-2)14(3)23-19(20(25)24-21(22)26)15-9-7-6-8-10-15/h6-14,19,23H,4-5H2,1-3H3,(H3,22,24,25,26)/p+1/t14-,19+/m1/s1. The van der Waals surface area contributed by atoms with E-state index in [0.717, 1.165) is 11.1 Å². The van der Waals surface area contributed by atoms with E-state index < -0.39 is 18.0 Å². The zero-order chi connectivity index (χ0) is 20.5. The number of primary amides is 1. The monoisotopic (exact) mass is 386 g/mol. The largest absolute Gasteiger partial charge is 0.490 e. The molecule has 0 saturated carbocycles. The maximum Gasteiger partial charge on any atom is 0.319 e. The van der Waals surface area contributed by atoms with Gasteiger partial charge in [0.2, 0.25) is 0 Å². The summed E-state index contributed by atoms with van der Waals surface area (Å²) in [6, 6.07) is 13.4. The molecule has 0 unspecified atom stereocenters. The minimum absolute atomic E-state index is 0.0845. The summed E-state index contributed by atoms with van der Waals surface area (Å²) < 4.78 is 11.3. The lowest BCUT2D eigenvalue weighted by atomic mass is 10.0. The molecule has 2 rings (SSSR count). The summed E-state index contributed by atoms with van der Waals surface area (Å²) in [4.78, 5) is 23.7. The molecule has 0 spiro atoms. The van der Waals surface area contributed by atoms with Gasteiger partial charge in [-0.05, 0) is 39.0 Å². The molecule has 28 heavy (non-hydrogen) atoms. The summed E-state index contributed by atoms with van der Waals surface area (Å²) >= 11 is 0. The van der Waals surface area contributed by atoms with Crippen molar-refractivity contribution in [2.75, 3.05) is 13.2 Å². The molecule has 0 radical (unpaired) electrons. The molecule has 2 aromatic carbocycles. The number of rotatable bonds is 9. The lowest BCUT2D eigenvalue weighted by Gasteiger charge is -2.21. The molecule has 0 aliphatic carbocycles. The fraction of sp³-hybridized carbons (Fsp3) is 0.333. The van der Waals surface area contributed by atoms with Gasteiger partial charge in [-0.2, -0.15) is 0 Å². The molecule has 0 bridgehead atoms. The first-order valence-electron chi connectivity index (χ1n) is 9.36. The van der Waals surface area contributed by atoms with E-state index in [-0.39, 0.29) is 6.04 Å². The van der Waals surface area contributed by atoms with Crippen molar-refractivity contribution in [1.29, 1.82) is 0 Å². The Kier molecular flexibility index (Phi) is 7.83. The quantitative estimate of drug-likeness (QED) is 0.613. The van der Waals surface area contributed by atoms with Gasteiger partial charge in [-0.3, -0.25) is 10.1 Å². The first-order valence-corrected chi connectivity index (χ1v) is 9.36. The average molecular weight is 386 g/mol. The minimum atomic E-state index is -0.869. The van der Waals surface area contributed by atoms with Gasteiger partial charge in [0.25, 0.3) is 5.91 Å². The fourth-order valence-corrected chi connectivity index (χ4v) is 2.96. The number of amides is 3. The van der Waals surface area contributed by atoms with E-state index in [4.69, 9.17) is 15.2 Å². The molecule has 0 heterocycles. The molecule has 7 heteroatoms. The van der Waals surface area contributed by atoms with Crippen molar-refractivity contribution in [3.63, 3.8) is 0 Å². The van der Waals surface area contributed by atoms with Gasteiger partial charge in [0.1, 0.15) is 6.04 Å². The van der Waals surface area contributed by atoms with Gasteiger partial charge in [0.05, 0.1) is 13.2 Å². The van der Waals surface area contributed by atoms with E-state index in [1.54, 1.807) is 0 Å². The van der Waals surface area contributed by atoms with Gasteiger partial charge < -0.3 is 20.5 Å². The molecule has 2 aromatic rings. The van der Waals surface area contributed by atoms with Crippen LogP contribution in [0.25, 0.3) is 0 Å². The molecule has 0 aromatic heterocycles. The summed E-state index contributed by atoms with van der Waals surface area (Å²) in [5.41, 5.74) is 6.89. The van der Waals surface area contributed by atoms with Crippen molar-refractivity contribution < 1.29 is 24.4 Å². The predicted molar refractivity (Wildman–Crippen MR) is 106 cm³/mol. The van der Waals surface area contributed by atoms with Crippen LogP contribution in [0.3, 0.4) is 0 Å². The van der Waals surface area contributed by atoms with Crippen LogP contribution in [0, 0.1) is 0 Å². The van der Waals surface area contributed by atoms with Crippen molar-refractivity contribution in [2.45, 2.75) is 32.9 Å². The number of carbonyl (C=O) groups is 2. The minimum Gasteiger partial charge on any atom is -0.490 e. The van der Waals surface area contributed by atoms with Crippen LogP contribution in [0.1, 0.15) is 44.0 Å². The maximum absolute atomic E-state index is 12.5. The highest BCUT2D eigenvalue weighted by Gasteiger charge is 2.28. The zero-order valence-corrected chi connectivity index (χ0v) is 16.5. The molecule has 150 valence electrons. The first kappa shape index (κ1) is 21.2. The van der Waals surface area contributed by atoms with E-state index in [1.807, 2.05) is 74.6 Å². The van der Waals surface area contributed by atoms with Crippen LogP contribution in [-0.4, -0.2) is 25.2 Å². The van der Waals surface area contributed by atoms with E-state index in [0.29, 0.717) is 24.7 Å². The smallest absolute Gasteiger partial charge is 0.319 e. The van der Waals surface area contributed by atoms with Gasteiger partial charge in [-0.15, -0.1) is 0 Å². The molecule has 0 saturated heterocycles. The third-order valence-corrected chi connectivity index (χ3v) is 4.26. The second-order valence-corrected chi connectivity index (χ2v) is 6.30. The highest BCUT2D eigenvalue weighted by molar-refractivity contribution is 5.96. The van der Waals surface area contributed by atoms with Gasteiger partial charge in [-0.25, -0.2) is 4.79 Å². The third kappa shape index (κ3) is 5.72. The third-order valence-electron chi connectivity index (χ3n) is 4.26. The number of hydrogen-bond donors (Lipinski definition) is 3. The van der Waals surface area contributed by atoms with Crippen LogP contribution < -0.4 is 25.8 Å². The first-order chi connectivity index (χ1) is 13.5. The SMILES string of the molecule is CCOc1ccc([C@@H](C)[NH2+][C@H](C(=O)NC(N)=O)c2ccccc2)cc1OCC. The zero-order valence-electron chi connectivity index (χ0n) is 16.5. The number of nitrogens with two attached hydrogens (primary N) is 2. The van der Waals surface area contributed by atoms with E-state index in [9.17, 15) is 9.59 Å². The van der Waals surface area contributed by atoms with Crippen LogP contribution in [-0.2, 0) is 4.79 Å². The second kappa shape index (κ2) is 10.3. The summed E-state index contributed by atoms with van der Waals surface area (Å²) in [6.45, 7) is 6.89. The van der Waals surface area contributed by atoms with Crippen LogP contribution in [0.2, 0.25) is 0 Å². The molecular formula is C21H28N3O4+. The predicted octanol–water partition coefficient (Wildman–Crippen LogP) is 2.04. The lowest BCUT2D eigenvalue weighted by Crippen LogP contribution is -2.88. The molecule has 7 nitrogen and oxygen atoms in total. The molecule has 0 aliphatic rings. The molecule has 3 amide bonds. The van der Waals surface area contributed by atoms with Crippen LogP contribution in [0.15, 0.2) is 48.5 Å². The van der Waals surface area contributed by atoms with Gasteiger partial charge in [0.15, 0.2) is 17.5 Å². The number of quaternary nitrogens is 1. The Labute approximate surface area is 165 Å². The number of benzene rings is 2. The Morgan fingerprint density at radius 2 is 1.64 bits per heavy atom. The number of imide groups is 1. The van der Waals surface area contributed by atoms with Crippen LogP contribution in [0.5, 0.6) is 11.5 Å². The summed E-state index contributed by atoms with van der Waals surface area (Å²) in [7, 11) is 0. The van der Waals surface area contributed by atoms with Crippen LogP contribution >= 0.6 is 0 Å².